The summed E-state index contributed by atoms with van der Waals surface area (Å²) in [6, 6.07) is 0. The molecule has 2 nitrogen and oxygen atoms in total. The largest absolute Gasteiger partial charge is 0.410 e. The summed E-state index contributed by atoms with van der Waals surface area (Å²) in [5.74, 6) is 0.816. The molecule has 0 fully saturated rings. The Morgan fingerprint density at radius 2 is 2.04 bits per heavy atom. The molecule has 1 aliphatic carbocycles. The van der Waals surface area contributed by atoms with Gasteiger partial charge in [0, 0.05) is 6.42 Å². The fraction of sp³-hybridized carbons (Fsp3) is 0.750. The molecule has 0 saturated heterocycles. The summed E-state index contributed by atoms with van der Waals surface area (Å²) in [6.07, 6.45) is 8.40. The van der Waals surface area contributed by atoms with E-state index in [1.165, 1.54) is 11.1 Å². The van der Waals surface area contributed by atoms with Crippen molar-refractivity contribution in [1.29, 1.82) is 0 Å². The quantitative estimate of drug-likeness (QED) is 0.343. The molecule has 3 atom stereocenters. The van der Waals surface area contributed by atoms with E-state index < -0.39 is 8.32 Å². The third-order valence-corrected chi connectivity index (χ3v) is 10.3. The summed E-state index contributed by atoms with van der Waals surface area (Å²) >= 11 is 0. The third-order valence-electron chi connectivity index (χ3n) is 5.85. The Morgan fingerprint density at radius 1 is 1.43 bits per heavy atom. The van der Waals surface area contributed by atoms with E-state index in [9.17, 15) is 4.79 Å². The monoisotopic (exact) mass is 336 g/mol. The Balaban J connectivity index is 3.15. The van der Waals surface area contributed by atoms with Crippen LogP contribution in [0.1, 0.15) is 60.8 Å². The van der Waals surface area contributed by atoms with Crippen LogP contribution >= 0.6 is 0 Å². The first-order valence-corrected chi connectivity index (χ1v) is 11.8. The number of aldehydes is 1. The lowest BCUT2D eigenvalue weighted by Gasteiger charge is -2.44. The van der Waals surface area contributed by atoms with Gasteiger partial charge in [-0.15, -0.1) is 0 Å². The molecule has 0 heterocycles. The highest BCUT2D eigenvalue weighted by Crippen LogP contribution is 2.43. The summed E-state index contributed by atoms with van der Waals surface area (Å²) < 4.78 is 6.85. The highest BCUT2D eigenvalue weighted by molar-refractivity contribution is 6.74. The smallest absolute Gasteiger partial charge is 0.192 e. The topological polar surface area (TPSA) is 26.3 Å². The normalized spacial score (nSPS) is 25.0. The molecule has 0 saturated carbocycles. The van der Waals surface area contributed by atoms with Crippen molar-refractivity contribution in [3.05, 3.63) is 23.3 Å². The lowest BCUT2D eigenvalue weighted by atomic mass is 9.74. The van der Waals surface area contributed by atoms with Crippen LogP contribution in [-0.2, 0) is 9.22 Å². The van der Waals surface area contributed by atoms with Gasteiger partial charge in [0.15, 0.2) is 8.32 Å². The Bertz CT molecular complexity index is 469. The van der Waals surface area contributed by atoms with Crippen LogP contribution in [0.2, 0.25) is 18.1 Å². The molecule has 1 rings (SSSR count). The van der Waals surface area contributed by atoms with E-state index in [4.69, 9.17) is 4.43 Å². The van der Waals surface area contributed by atoms with Crippen molar-refractivity contribution >= 4 is 14.6 Å². The maximum Gasteiger partial charge on any atom is 0.192 e. The standard InChI is InChI=1S/C20H36O2Si/c1-9-16(3)19(22-23(7,8)20(4,5)6)18-14-15(2)10-11-17(18)12-13-21/h9-10,13,17-19H,11-12,14H2,1-8H3/b16-9+/t17-,18+,19-/m1/s1. The molecule has 0 aromatic carbocycles. The zero-order valence-electron chi connectivity index (χ0n) is 16.4. The second kappa shape index (κ2) is 7.93. The van der Waals surface area contributed by atoms with Crippen molar-refractivity contribution in [2.45, 2.75) is 85.0 Å². The minimum atomic E-state index is -1.85. The van der Waals surface area contributed by atoms with Gasteiger partial charge in [-0.3, -0.25) is 0 Å². The predicted octanol–water partition coefficient (Wildman–Crippen LogP) is 5.90. The Kier molecular flexibility index (Phi) is 7.03. The van der Waals surface area contributed by atoms with Gasteiger partial charge in [0.05, 0.1) is 6.10 Å². The molecule has 0 unspecified atom stereocenters. The van der Waals surface area contributed by atoms with Gasteiger partial charge in [-0.25, -0.2) is 0 Å². The van der Waals surface area contributed by atoms with Crippen LogP contribution in [0.5, 0.6) is 0 Å². The summed E-state index contributed by atoms with van der Waals surface area (Å²) in [5, 5.41) is 0.193. The second-order valence-electron chi connectivity index (χ2n) is 8.65. The zero-order valence-corrected chi connectivity index (χ0v) is 17.4. The second-order valence-corrected chi connectivity index (χ2v) is 13.4. The van der Waals surface area contributed by atoms with Crippen LogP contribution in [0.15, 0.2) is 23.3 Å². The van der Waals surface area contributed by atoms with Crippen molar-refractivity contribution in [3.63, 3.8) is 0 Å². The SMILES string of the molecule is C/C=C(\C)[C@@H](O[Si](C)(C)C(C)(C)C)[C@H]1CC(C)=CC[C@@H]1CC=O. The zero-order chi connectivity index (χ0) is 17.8. The van der Waals surface area contributed by atoms with Crippen LogP contribution in [0.3, 0.4) is 0 Å². The van der Waals surface area contributed by atoms with Crippen LogP contribution in [-0.4, -0.2) is 20.7 Å². The first-order valence-electron chi connectivity index (χ1n) is 8.93. The first kappa shape index (κ1) is 20.4. The first-order chi connectivity index (χ1) is 10.5. The van der Waals surface area contributed by atoms with Crippen molar-refractivity contribution in [1.82, 2.24) is 0 Å². The summed E-state index contributed by atoms with van der Waals surface area (Å²) in [5.41, 5.74) is 2.75. The van der Waals surface area contributed by atoms with Gasteiger partial charge in [0.1, 0.15) is 6.29 Å². The molecule has 0 aromatic heterocycles. The average Bonchev–Trinajstić information content (AvgIpc) is 2.45. The van der Waals surface area contributed by atoms with Crippen molar-refractivity contribution in [2.75, 3.05) is 0 Å². The molecule has 0 amide bonds. The molecular formula is C20H36O2Si. The molecule has 3 heteroatoms. The van der Waals surface area contributed by atoms with E-state index in [-0.39, 0.29) is 11.1 Å². The fourth-order valence-corrected chi connectivity index (χ4v) is 4.42. The molecule has 23 heavy (non-hydrogen) atoms. The highest BCUT2D eigenvalue weighted by Gasteiger charge is 2.42. The molecule has 0 radical (unpaired) electrons. The number of rotatable bonds is 6. The fourth-order valence-electron chi connectivity index (χ4n) is 3.07. The lowest BCUT2D eigenvalue weighted by Crippen LogP contribution is -2.47. The third kappa shape index (κ3) is 5.15. The van der Waals surface area contributed by atoms with Gasteiger partial charge in [-0.05, 0) is 69.2 Å². The number of hydrogen-bond acceptors (Lipinski definition) is 2. The van der Waals surface area contributed by atoms with E-state index in [2.05, 4.69) is 66.8 Å². The Labute approximate surface area is 144 Å². The van der Waals surface area contributed by atoms with Crippen LogP contribution in [0, 0.1) is 11.8 Å². The molecule has 0 bridgehead atoms. The predicted molar refractivity (Wildman–Crippen MR) is 102 cm³/mol. The maximum absolute atomic E-state index is 11.1. The summed E-state index contributed by atoms with van der Waals surface area (Å²) in [7, 11) is -1.85. The van der Waals surface area contributed by atoms with E-state index in [0.29, 0.717) is 18.3 Å². The molecule has 0 spiro atoms. The van der Waals surface area contributed by atoms with Crippen molar-refractivity contribution in [2.24, 2.45) is 11.8 Å². The molecule has 0 N–H and O–H groups in total. The molecule has 0 aliphatic heterocycles. The van der Waals surface area contributed by atoms with E-state index in [1.54, 1.807) is 0 Å². The number of hydrogen-bond donors (Lipinski definition) is 0. The van der Waals surface area contributed by atoms with E-state index in [0.717, 1.165) is 19.1 Å². The Morgan fingerprint density at radius 3 is 2.52 bits per heavy atom. The average molecular weight is 337 g/mol. The number of carbonyl (C=O) groups is 1. The summed E-state index contributed by atoms with van der Waals surface area (Å²) in [6.45, 7) is 18.0. The molecule has 0 aromatic rings. The van der Waals surface area contributed by atoms with Gasteiger partial charge in [0.2, 0.25) is 0 Å². The van der Waals surface area contributed by atoms with Crippen LogP contribution < -0.4 is 0 Å². The Hall–Kier alpha value is -0.673. The van der Waals surface area contributed by atoms with Gasteiger partial charge in [-0.2, -0.15) is 0 Å². The van der Waals surface area contributed by atoms with Gasteiger partial charge >= 0.3 is 0 Å². The highest BCUT2D eigenvalue weighted by atomic mass is 28.4. The van der Waals surface area contributed by atoms with E-state index in [1.807, 2.05) is 0 Å². The molecular weight excluding hydrogens is 300 g/mol. The van der Waals surface area contributed by atoms with Crippen LogP contribution in [0.4, 0.5) is 0 Å². The van der Waals surface area contributed by atoms with Gasteiger partial charge in [0.25, 0.3) is 0 Å². The van der Waals surface area contributed by atoms with Crippen molar-refractivity contribution < 1.29 is 9.22 Å². The molecule has 1 aliphatic rings. The van der Waals surface area contributed by atoms with Crippen molar-refractivity contribution in [3.8, 4) is 0 Å². The summed E-state index contributed by atoms with van der Waals surface area (Å²) in [4.78, 5) is 11.1. The maximum atomic E-state index is 11.1. The lowest BCUT2D eigenvalue weighted by molar-refractivity contribution is -0.109. The minimum absolute atomic E-state index is 0.134. The van der Waals surface area contributed by atoms with Crippen LogP contribution in [0.25, 0.3) is 0 Å². The molecule has 132 valence electrons. The van der Waals surface area contributed by atoms with Gasteiger partial charge < -0.3 is 9.22 Å². The van der Waals surface area contributed by atoms with Gasteiger partial charge in [-0.1, -0.05) is 38.5 Å². The van der Waals surface area contributed by atoms with E-state index >= 15 is 0 Å². The number of allylic oxidation sites excluding steroid dienone is 3. The number of carbonyl (C=O) groups excluding carboxylic acids is 1. The minimum Gasteiger partial charge on any atom is -0.410 e.